The maximum absolute atomic E-state index is 4.71. The number of anilines is 1. The third-order valence-corrected chi connectivity index (χ3v) is 4.72. The molecular formula is C18H31N3. The molecule has 118 valence electrons. The molecule has 1 aliphatic heterocycles. The van der Waals surface area contributed by atoms with Crippen molar-refractivity contribution in [3.8, 4) is 0 Å². The number of hydrogen-bond acceptors (Lipinski definition) is 3. The molecule has 1 aliphatic rings. The second kappa shape index (κ2) is 8.38. The molecule has 0 saturated carbocycles. The van der Waals surface area contributed by atoms with Gasteiger partial charge in [0.1, 0.15) is 5.82 Å². The molecule has 1 fully saturated rings. The van der Waals surface area contributed by atoms with Crippen LogP contribution in [-0.4, -0.2) is 24.6 Å². The zero-order chi connectivity index (χ0) is 15.1. The Kier molecular flexibility index (Phi) is 6.50. The number of hydrogen-bond donors (Lipinski definition) is 1. The highest BCUT2D eigenvalue weighted by Crippen LogP contribution is 2.24. The van der Waals surface area contributed by atoms with Crippen molar-refractivity contribution in [2.75, 3.05) is 24.5 Å². The molecule has 1 aromatic heterocycles. The van der Waals surface area contributed by atoms with Crippen LogP contribution in [0.15, 0.2) is 18.3 Å². The van der Waals surface area contributed by atoms with E-state index in [-0.39, 0.29) is 0 Å². The van der Waals surface area contributed by atoms with Crippen LogP contribution < -0.4 is 10.2 Å². The Morgan fingerprint density at radius 2 is 2.14 bits per heavy atom. The lowest BCUT2D eigenvalue weighted by molar-refractivity contribution is 0.459. The third kappa shape index (κ3) is 4.70. The molecular weight excluding hydrogens is 258 g/mol. The van der Waals surface area contributed by atoms with Gasteiger partial charge in [-0.25, -0.2) is 4.98 Å². The Labute approximate surface area is 130 Å². The summed E-state index contributed by atoms with van der Waals surface area (Å²) in [5.74, 6) is 2.06. The smallest absolute Gasteiger partial charge is 0.128 e. The fraction of sp³-hybridized carbons (Fsp3) is 0.722. The summed E-state index contributed by atoms with van der Waals surface area (Å²) in [6.07, 6.45) is 8.53. The minimum atomic E-state index is 0.389. The number of nitrogens with zero attached hydrogens (tertiary/aromatic N) is 2. The van der Waals surface area contributed by atoms with Gasteiger partial charge in [-0.05, 0) is 56.7 Å². The average Bonchev–Trinajstić information content (AvgIpc) is 2.78. The molecule has 0 radical (unpaired) electrons. The molecule has 1 N–H and O–H groups in total. The highest BCUT2D eigenvalue weighted by molar-refractivity contribution is 5.39. The van der Waals surface area contributed by atoms with E-state index in [4.69, 9.17) is 4.98 Å². The SMILES string of the molecule is CCCNC(C)c1ccc(N2CCCC(CC)CC2)nc1. The van der Waals surface area contributed by atoms with Crippen LogP contribution in [0.4, 0.5) is 5.82 Å². The van der Waals surface area contributed by atoms with Crippen molar-refractivity contribution in [1.29, 1.82) is 0 Å². The lowest BCUT2D eigenvalue weighted by atomic mass is 9.98. The van der Waals surface area contributed by atoms with Gasteiger partial charge in [-0.15, -0.1) is 0 Å². The standard InChI is InChI=1S/C18H31N3/c1-4-11-19-15(3)17-8-9-18(20-14-17)21-12-6-7-16(5-2)10-13-21/h8-9,14-16,19H,4-7,10-13H2,1-3H3. The molecule has 0 spiro atoms. The molecule has 0 bridgehead atoms. The summed E-state index contributed by atoms with van der Waals surface area (Å²) in [5.41, 5.74) is 1.29. The van der Waals surface area contributed by atoms with E-state index < -0.39 is 0 Å². The molecule has 2 rings (SSSR count). The van der Waals surface area contributed by atoms with Gasteiger partial charge in [0.05, 0.1) is 0 Å². The maximum Gasteiger partial charge on any atom is 0.128 e. The lowest BCUT2D eigenvalue weighted by Crippen LogP contribution is -2.25. The van der Waals surface area contributed by atoms with E-state index >= 15 is 0 Å². The van der Waals surface area contributed by atoms with Gasteiger partial charge in [0.15, 0.2) is 0 Å². The topological polar surface area (TPSA) is 28.2 Å². The van der Waals surface area contributed by atoms with Gasteiger partial charge in [0.25, 0.3) is 0 Å². The van der Waals surface area contributed by atoms with E-state index in [1.165, 1.54) is 37.7 Å². The van der Waals surface area contributed by atoms with E-state index in [2.05, 4.69) is 43.1 Å². The number of nitrogens with one attached hydrogen (secondary N) is 1. The van der Waals surface area contributed by atoms with Crippen molar-refractivity contribution in [2.45, 2.75) is 58.9 Å². The van der Waals surface area contributed by atoms with Crippen LogP contribution in [0.3, 0.4) is 0 Å². The van der Waals surface area contributed by atoms with Crippen molar-refractivity contribution >= 4 is 5.82 Å². The first kappa shape index (κ1) is 16.3. The first-order valence-electron chi connectivity index (χ1n) is 8.68. The van der Waals surface area contributed by atoms with E-state index in [0.29, 0.717) is 6.04 Å². The zero-order valence-electron chi connectivity index (χ0n) is 13.9. The van der Waals surface area contributed by atoms with E-state index in [1.807, 2.05) is 6.20 Å². The molecule has 1 saturated heterocycles. The Morgan fingerprint density at radius 3 is 2.81 bits per heavy atom. The largest absolute Gasteiger partial charge is 0.357 e. The van der Waals surface area contributed by atoms with Crippen LogP contribution in [0.2, 0.25) is 0 Å². The van der Waals surface area contributed by atoms with Gasteiger partial charge in [0.2, 0.25) is 0 Å². The molecule has 21 heavy (non-hydrogen) atoms. The Hall–Kier alpha value is -1.09. The first-order chi connectivity index (χ1) is 10.2. The summed E-state index contributed by atoms with van der Waals surface area (Å²) in [6.45, 7) is 10.1. The molecule has 0 aromatic carbocycles. The zero-order valence-corrected chi connectivity index (χ0v) is 13.9. The van der Waals surface area contributed by atoms with Gasteiger partial charge in [0, 0.05) is 25.3 Å². The van der Waals surface area contributed by atoms with Crippen LogP contribution in [0.1, 0.15) is 64.5 Å². The summed E-state index contributed by atoms with van der Waals surface area (Å²) >= 11 is 0. The third-order valence-electron chi connectivity index (χ3n) is 4.72. The normalized spacial score (nSPS) is 21.1. The van der Waals surface area contributed by atoms with E-state index in [9.17, 15) is 0 Å². The highest BCUT2D eigenvalue weighted by Gasteiger charge is 2.17. The van der Waals surface area contributed by atoms with E-state index in [0.717, 1.165) is 31.4 Å². The lowest BCUT2D eigenvalue weighted by Gasteiger charge is -2.22. The van der Waals surface area contributed by atoms with E-state index in [1.54, 1.807) is 0 Å². The quantitative estimate of drug-likeness (QED) is 0.852. The van der Waals surface area contributed by atoms with Gasteiger partial charge >= 0.3 is 0 Å². The summed E-state index contributed by atoms with van der Waals surface area (Å²) in [4.78, 5) is 7.17. The van der Waals surface area contributed by atoms with Gasteiger partial charge < -0.3 is 10.2 Å². The van der Waals surface area contributed by atoms with Gasteiger partial charge in [-0.2, -0.15) is 0 Å². The number of aromatic nitrogens is 1. The minimum Gasteiger partial charge on any atom is -0.357 e. The summed E-state index contributed by atoms with van der Waals surface area (Å²) in [7, 11) is 0. The number of rotatable bonds is 6. The van der Waals surface area contributed by atoms with Crippen molar-refractivity contribution < 1.29 is 0 Å². The first-order valence-corrected chi connectivity index (χ1v) is 8.68. The molecule has 3 nitrogen and oxygen atoms in total. The maximum atomic E-state index is 4.71. The van der Waals surface area contributed by atoms with Crippen LogP contribution in [-0.2, 0) is 0 Å². The van der Waals surface area contributed by atoms with Crippen LogP contribution >= 0.6 is 0 Å². The Bertz CT molecular complexity index is 401. The molecule has 2 atom stereocenters. The van der Waals surface area contributed by atoms with Crippen LogP contribution in [0, 0.1) is 5.92 Å². The van der Waals surface area contributed by atoms with Crippen LogP contribution in [0.5, 0.6) is 0 Å². The molecule has 1 aromatic rings. The fourth-order valence-electron chi connectivity index (χ4n) is 3.12. The average molecular weight is 289 g/mol. The fourth-order valence-corrected chi connectivity index (χ4v) is 3.12. The predicted octanol–water partition coefficient (Wildman–Crippen LogP) is 4.16. The second-order valence-electron chi connectivity index (χ2n) is 6.32. The predicted molar refractivity (Wildman–Crippen MR) is 90.8 cm³/mol. The number of pyridine rings is 1. The molecule has 3 heteroatoms. The molecule has 2 heterocycles. The minimum absolute atomic E-state index is 0.389. The summed E-state index contributed by atoms with van der Waals surface area (Å²) in [6, 6.07) is 4.82. The molecule has 0 amide bonds. The van der Waals surface area contributed by atoms with Crippen molar-refractivity contribution in [3.63, 3.8) is 0 Å². The van der Waals surface area contributed by atoms with Crippen molar-refractivity contribution in [3.05, 3.63) is 23.9 Å². The Balaban J connectivity index is 1.95. The molecule has 0 aliphatic carbocycles. The van der Waals surface area contributed by atoms with Crippen molar-refractivity contribution in [2.24, 2.45) is 5.92 Å². The van der Waals surface area contributed by atoms with Gasteiger partial charge in [-0.3, -0.25) is 0 Å². The summed E-state index contributed by atoms with van der Waals surface area (Å²) in [5, 5.41) is 3.52. The summed E-state index contributed by atoms with van der Waals surface area (Å²) < 4.78 is 0. The Morgan fingerprint density at radius 1 is 1.29 bits per heavy atom. The highest BCUT2D eigenvalue weighted by atomic mass is 15.2. The van der Waals surface area contributed by atoms with Crippen molar-refractivity contribution in [1.82, 2.24) is 10.3 Å². The second-order valence-corrected chi connectivity index (χ2v) is 6.32. The van der Waals surface area contributed by atoms with Gasteiger partial charge in [-0.1, -0.05) is 26.3 Å². The van der Waals surface area contributed by atoms with Crippen LogP contribution in [0.25, 0.3) is 0 Å². The molecule has 2 unspecified atom stereocenters. The monoisotopic (exact) mass is 289 g/mol.